The number of ether oxygens (including phenoxy) is 1. The molecule has 26 heavy (non-hydrogen) atoms. The average molecular weight is 367 g/mol. The van der Waals surface area contributed by atoms with Crippen LogP contribution in [0.25, 0.3) is 0 Å². The Bertz CT molecular complexity index is 904. The maximum absolute atomic E-state index is 12.3. The first kappa shape index (κ1) is 17.9. The number of carbonyl (C=O) groups is 1. The molecule has 0 fully saturated rings. The molecule has 1 amide bonds. The Morgan fingerprint density at radius 1 is 1.15 bits per heavy atom. The van der Waals surface area contributed by atoms with Gasteiger partial charge in [-0.25, -0.2) is 4.98 Å². The zero-order valence-electron chi connectivity index (χ0n) is 15.0. The summed E-state index contributed by atoms with van der Waals surface area (Å²) in [5.74, 6) is 0.604. The fourth-order valence-electron chi connectivity index (χ4n) is 2.52. The van der Waals surface area contributed by atoms with Crippen molar-refractivity contribution in [3.63, 3.8) is 0 Å². The molecule has 0 aliphatic carbocycles. The third kappa shape index (κ3) is 4.40. The third-order valence-corrected chi connectivity index (χ3v) is 4.73. The van der Waals surface area contributed by atoms with E-state index in [1.165, 1.54) is 16.9 Å². The number of hydrogen-bond donors (Lipinski definition) is 2. The maximum Gasteiger partial charge on any atom is 0.271 e. The molecule has 0 unspecified atom stereocenters. The average Bonchev–Trinajstić information content (AvgIpc) is 3.11. The van der Waals surface area contributed by atoms with Crippen LogP contribution in [0.1, 0.15) is 27.2 Å². The van der Waals surface area contributed by atoms with Gasteiger partial charge in [-0.2, -0.15) is 0 Å². The van der Waals surface area contributed by atoms with Crippen molar-refractivity contribution in [3.8, 4) is 5.75 Å². The Labute approximate surface area is 157 Å². The number of aromatic nitrogens is 1. The number of hydrogen-bond acceptors (Lipinski definition) is 5. The van der Waals surface area contributed by atoms with Gasteiger partial charge in [0.15, 0.2) is 5.13 Å². The Morgan fingerprint density at radius 2 is 1.92 bits per heavy atom. The fourth-order valence-corrected chi connectivity index (χ4v) is 3.22. The first-order chi connectivity index (χ1) is 12.5. The van der Waals surface area contributed by atoms with Gasteiger partial charge in [-0.3, -0.25) is 4.79 Å². The van der Waals surface area contributed by atoms with Gasteiger partial charge in [0.2, 0.25) is 0 Å². The number of nitrogens with zero attached hydrogens (tertiary/aromatic N) is 1. The van der Waals surface area contributed by atoms with Crippen molar-refractivity contribution in [3.05, 3.63) is 70.2 Å². The van der Waals surface area contributed by atoms with E-state index in [1.54, 1.807) is 12.5 Å². The van der Waals surface area contributed by atoms with Gasteiger partial charge < -0.3 is 15.4 Å². The monoisotopic (exact) mass is 367 g/mol. The number of benzene rings is 2. The normalized spacial score (nSPS) is 10.4. The first-order valence-electron chi connectivity index (χ1n) is 8.26. The van der Waals surface area contributed by atoms with Crippen molar-refractivity contribution in [1.82, 2.24) is 10.3 Å². The summed E-state index contributed by atoms with van der Waals surface area (Å²) in [6, 6.07) is 13.8. The summed E-state index contributed by atoms with van der Waals surface area (Å²) in [5.41, 5.74) is 4.77. The van der Waals surface area contributed by atoms with Crippen LogP contribution in [0, 0.1) is 13.8 Å². The lowest BCUT2D eigenvalue weighted by atomic mass is 10.1. The minimum atomic E-state index is -0.189. The van der Waals surface area contributed by atoms with E-state index >= 15 is 0 Å². The van der Waals surface area contributed by atoms with Crippen LogP contribution >= 0.6 is 11.3 Å². The van der Waals surface area contributed by atoms with Gasteiger partial charge in [-0.15, -0.1) is 11.3 Å². The van der Waals surface area contributed by atoms with Gasteiger partial charge in [-0.05, 0) is 43.2 Å². The number of anilines is 2. The number of aryl methyl sites for hydroxylation is 2. The minimum absolute atomic E-state index is 0.189. The number of thiazole rings is 1. The predicted octanol–water partition coefficient (Wildman–Crippen LogP) is 4.44. The summed E-state index contributed by atoms with van der Waals surface area (Å²) < 4.78 is 5.13. The van der Waals surface area contributed by atoms with Crippen molar-refractivity contribution >= 4 is 28.1 Å². The molecule has 134 valence electrons. The largest absolute Gasteiger partial charge is 0.497 e. The highest BCUT2D eigenvalue weighted by Gasteiger charge is 2.11. The zero-order valence-corrected chi connectivity index (χ0v) is 15.8. The second kappa shape index (κ2) is 8.01. The Hall–Kier alpha value is -2.86. The second-order valence-corrected chi connectivity index (χ2v) is 6.87. The molecule has 0 bridgehead atoms. The van der Waals surface area contributed by atoms with Crippen LogP contribution in [0.3, 0.4) is 0 Å². The molecular formula is C20H21N3O2S. The van der Waals surface area contributed by atoms with E-state index in [0.717, 1.165) is 22.6 Å². The molecule has 0 spiro atoms. The fraction of sp³-hybridized carbons (Fsp3) is 0.200. The summed E-state index contributed by atoms with van der Waals surface area (Å²) in [6.07, 6.45) is 0. The molecular weight excluding hydrogens is 346 g/mol. The van der Waals surface area contributed by atoms with Crippen molar-refractivity contribution in [2.75, 3.05) is 12.4 Å². The van der Waals surface area contributed by atoms with E-state index in [2.05, 4.69) is 28.6 Å². The lowest BCUT2D eigenvalue weighted by molar-refractivity contribution is 0.0946. The summed E-state index contributed by atoms with van der Waals surface area (Å²) in [4.78, 5) is 16.7. The number of carbonyl (C=O) groups excluding carboxylic acids is 1. The molecule has 1 aromatic heterocycles. The molecule has 5 nitrogen and oxygen atoms in total. The molecule has 6 heteroatoms. The molecule has 3 rings (SSSR count). The quantitative estimate of drug-likeness (QED) is 0.676. The third-order valence-electron chi connectivity index (χ3n) is 3.97. The molecule has 0 radical (unpaired) electrons. The Morgan fingerprint density at radius 3 is 2.62 bits per heavy atom. The van der Waals surface area contributed by atoms with E-state index < -0.39 is 0 Å². The van der Waals surface area contributed by atoms with E-state index in [4.69, 9.17) is 4.74 Å². The van der Waals surface area contributed by atoms with Crippen LogP contribution in [0.5, 0.6) is 5.75 Å². The van der Waals surface area contributed by atoms with Gasteiger partial charge >= 0.3 is 0 Å². The SMILES string of the molecule is COc1ccc(CNC(=O)c2csc(Nc3ccc(C)cc3C)n2)cc1. The molecule has 0 aliphatic heterocycles. The molecule has 0 saturated heterocycles. The predicted molar refractivity (Wildman–Crippen MR) is 105 cm³/mol. The highest BCUT2D eigenvalue weighted by molar-refractivity contribution is 7.14. The van der Waals surface area contributed by atoms with Crippen molar-refractivity contribution < 1.29 is 9.53 Å². The molecule has 0 atom stereocenters. The number of amides is 1. The molecule has 3 aromatic rings. The summed E-state index contributed by atoms with van der Waals surface area (Å²) in [7, 11) is 1.63. The number of nitrogens with one attached hydrogen (secondary N) is 2. The number of methoxy groups -OCH3 is 1. The molecule has 0 aliphatic rings. The zero-order chi connectivity index (χ0) is 18.5. The van der Waals surface area contributed by atoms with Crippen LogP contribution in [0.15, 0.2) is 47.8 Å². The maximum atomic E-state index is 12.3. The van der Waals surface area contributed by atoms with Crippen LogP contribution < -0.4 is 15.4 Å². The van der Waals surface area contributed by atoms with Crippen molar-refractivity contribution in [2.45, 2.75) is 20.4 Å². The van der Waals surface area contributed by atoms with E-state index in [1.807, 2.05) is 43.3 Å². The Balaban J connectivity index is 1.60. The number of rotatable bonds is 6. The van der Waals surface area contributed by atoms with E-state index in [0.29, 0.717) is 17.4 Å². The van der Waals surface area contributed by atoms with Gasteiger partial charge in [-0.1, -0.05) is 29.8 Å². The highest BCUT2D eigenvalue weighted by atomic mass is 32.1. The van der Waals surface area contributed by atoms with Gasteiger partial charge in [0.1, 0.15) is 11.4 Å². The van der Waals surface area contributed by atoms with Crippen molar-refractivity contribution in [1.29, 1.82) is 0 Å². The van der Waals surface area contributed by atoms with Gasteiger partial charge in [0.25, 0.3) is 5.91 Å². The van der Waals surface area contributed by atoms with E-state index in [-0.39, 0.29) is 5.91 Å². The smallest absolute Gasteiger partial charge is 0.271 e. The molecule has 2 N–H and O–H groups in total. The molecule has 2 aromatic carbocycles. The van der Waals surface area contributed by atoms with Crippen LogP contribution in [0.4, 0.5) is 10.8 Å². The first-order valence-corrected chi connectivity index (χ1v) is 9.14. The summed E-state index contributed by atoms with van der Waals surface area (Å²) in [5, 5.41) is 8.62. The Kier molecular flexibility index (Phi) is 5.53. The van der Waals surface area contributed by atoms with E-state index in [9.17, 15) is 4.79 Å². The lowest BCUT2D eigenvalue weighted by Crippen LogP contribution is -2.23. The molecule has 0 saturated carbocycles. The van der Waals surface area contributed by atoms with Crippen LogP contribution in [-0.4, -0.2) is 18.0 Å². The van der Waals surface area contributed by atoms with Crippen molar-refractivity contribution in [2.24, 2.45) is 0 Å². The molecule has 1 heterocycles. The summed E-state index contributed by atoms with van der Waals surface area (Å²) >= 11 is 1.41. The summed E-state index contributed by atoms with van der Waals surface area (Å²) in [6.45, 7) is 4.55. The highest BCUT2D eigenvalue weighted by Crippen LogP contribution is 2.24. The lowest BCUT2D eigenvalue weighted by Gasteiger charge is -2.07. The van der Waals surface area contributed by atoms with Crippen LogP contribution in [-0.2, 0) is 6.54 Å². The minimum Gasteiger partial charge on any atom is -0.497 e. The second-order valence-electron chi connectivity index (χ2n) is 6.01. The standard InChI is InChI=1S/C20H21N3O2S/c1-13-4-9-17(14(2)10-13)22-20-23-18(12-26-20)19(24)21-11-15-5-7-16(25-3)8-6-15/h4-10,12H,11H2,1-3H3,(H,21,24)(H,22,23). The van der Waals surface area contributed by atoms with Gasteiger partial charge in [0.05, 0.1) is 7.11 Å². The van der Waals surface area contributed by atoms with Gasteiger partial charge in [0, 0.05) is 17.6 Å². The topological polar surface area (TPSA) is 63.2 Å². The van der Waals surface area contributed by atoms with Crippen LogP contribution in [0.2, 0.25) is 0 Å².